The van der Waals surface area contributed by atoms with Gasteiger partial charge < -0.3 is 16.4 Å². The fraction of sp³-hybridized carbons (Fsp3) is 0.750. The third kappa shape index (κ3) is 2.80. The maximum Gasteiger partial charge on any atom is 0.237 e. The first kappa shape index (κ1) is 14.9. The lowest BCUT2D eigenvalue weighted by Crippen LogP contribution is -2.53. The lowest BCUT2D eigenvalue weighted by atomic mass is 9.84. The molecule has 0 unspecified atom stereocenters. The highest BCUT2D eigenvalue weighted by Gasteiger charge is 2.46. The molecule has 6 heteroatoms. The molecule has 1 rings (SSSR count). The summed E-state index contributed by atoms with van der Waals surface area (Å²) in [4.78, 5) is 25.4. The molecule has 0 aromatic heterocycles. The van der Waals surface area contributed by atoms with Crippen LogP contribution in [-0.4, -0.2) is 34.3 Å². The Balaban J connectivity index is 3.00. The fourth-order valence-corrected chi connectivity index (χ4v) is 2.77. The number of thiocarbonyl (C=S) groups is 1. The molecule has 0 saturated heterocycles. The van der Waals surface area contributed by atoms with Crippen molar-refractivity contribution in [3.05, 3.63) is 0 Å². The Kier molecular flexibility index (Phi) is 4.67. The molecule has 5 nitrogen and oxygen atoms in total. The molecule has 1 saturated carbocycles. The van der Waals surface area contributed by atoms with E-state index in [2.05, 4.69) is 0 Å². The Hall–Kier alpha value is -1.17. The number of hydrogen-bond donors (Lipinski definition) is 2. The third-order valence-corrected chi connectivity index (χ3v) is 3.94. The van der Waals surface area contributed by atoms with Crippen LogP contribution in [0, 0.1) is 5.41 Å². The zero-order chi connectivity index (χ0) is 13.9. The lowest BCUT2D eigenvalue weighted by Gasteiger charge is -2.35. The van der Waals surface area contributed by atoms with Crippen molar-refractivity contribution in [2.24, 2.45) is 16.9 Å². The minimum Gasteiger partial charge on any atom is -0.392 e. The van der Waals surface area contributed by atoms with E-state index in [1.165, 1.54) is 4.90 Å². The van der Waals surface area contributed by atoms with Crippen LogP contribution in [0.4, 0.5) is 0 Å². The van der Waals surface area contributed by atoms with Gasteiger partial charge in [0.05, 0.1) is 16.9 Å². The summed E-state index contributed by atoms with van der Waals surface area (Å²) in [6, 6.07) is -0.100. The molecule has 0 aliphatic heterocycles. The van der Waals surface area contributed by atoms with Gasteiger partial charge in [0.25, 0.3) is 0 Å². The number of amides is 2. The van der Waals surface area contributed by atoms with Crippen LogP contribution in [0.3, 0.4) is 0 Å². The Morgan fingerprint density at radius 1 is 1.28 bits per heavy atom. The number of rotatable bonds is 5. The van der Waals surface area contributed by atoms with E-state index in [4.69, 9.17) is 23.7 Å². The lowest BCUT2D eigenvalue weighted by molar-refractivity contribution is -0.142. The number of nitrogens with zero attached hydrogens (tertiary/aromatic N) is 1. The molecule has 0 aromatic carbocycles. The summed E-state index contributed by atoms with van der Waals surface area (Å²) in [5, 5.41) is 0. The van der Waals surface area contributed by atoms with Crippen molar-refractivity contribution in [3.8, 4) is 0 Å². The Morgan fingerprint density at radius 2 is 1.78 bits per heavy atom. The molecular formula is C12H21N3O2S. The van der Waals surface area contributed by atoms with Crippen molar-refractivity contribution >= 4 is 29.0 Å². The average molecular weight is 271 g/mol. The van der Waals surface area contributed by atoms with Gasteiger partial charge in [-0.1, -0.05) is 25.1 Å². The van der Waals surface area contributed by atoms with Gasteiger partial charge in [-0.15, -0.1) is 0 Å². The molecule has 4 N–H and O–H groups in total. The van der Waals surface area contributed by atoms with E-state index in [0.29, 0.717) is 12.8 Å². The molecular weight excluding hydrogens is 250 g/mol. The molecule has 0 bridgehead atoms. The summed E-state index contributed by atoms with van der Waals surface area (Å²) in [5.74, 6) is -0.672. The molecule has 0 heterocycles. The second-order valence-electron chi connectivity index (χ2n) is 5.15. The molecule has 0 atom stereocenters. The van der Waals surface area contributed by atoms with Crippen LogP contribution in [0.1, 0.15) is 39.5 Å². The maximum absolute atomic E-state index is 12.6. The number of primary amides is 1. The molecule has 1 fully saturated rings. The predicted octanol–water partition coefficient (Wildman–Crippen LogP) is 0.555. The van der Waals surface area contributed by atoms with E-state index < -0.39 is 11.3 Å². The largest absolute Gasteiger partial charge is 0.392 e. The van der Waals surface area contributed by atoms with E-state index >= 15 is 0 Å². The Morgan fingerprint density at radius 3 is 2.11 bits per heavy atom. The topological polar surface area (TPSA) is 89.4 Å². The summed E-state index contributed by atoms with van der Waals surface area (Å²) >= 11 is 5.08. The van der Waals surface area contributed by atoms with Gasteiger partial charge in [-0.3, -0.25) is 9.59 Å². The summed E-state index contributed by atoms with van der Waals surface area (Å²) in [6.45, 7) is 3.62. The van der Waals surface area contributed by atoms with E-state index in [9.17, 15) is 9.59 Å². The molecule has 1 aliphatic rings. The van der Waals surface area contributed by atoms with Gasteiger partial charge in [0.15, 0.2) is 0 Å². The minimum absolute atomic E-state index is 0.0825. The van der Waals surface area contributed by atoms with Crippen LogP contribution in [0.15, 0.2) is 0 Å². The molecule has 1 aliphatic carbocycles. The van der Waals surface area contributed by atoms with Gasteiger partial charge in [-0.25, -0.2) is 0 Å². The van der Waals surface area contributed by atoms with Crippen LogP contribution >= 0.6 is 12.2 Å². The minimum atomic E-state index is -0.769. The summed E-state index contributed by atoms with van der Waals surface area (Å²) in [6.07, 6.45) is 3.21. The van der Waals surface area contributed by atoms with Gasteiger partial charge in [0, 0.05) is 6.04 Å². The standard InChI is InChI=1S/C12H21N3O2S/c1-8(2)15(7-9(13)16)11(17)12(10(14)18)5-3-4-6-12/h8H,3-7H2,1-2H3,(H2,13,16)(H2,14,18). The smallest absolute Gasteiger partial charge is 0.237 e. The van der Waals surface area contributed by atoms with Gasteiger partial charge in [-0.2, -0.15) is 0 Å². The maximum atomic E-state index is 12.6. The van der Waals surface area contributed by atoms with Gasteiger partial charge >= 0.3 is 0 Å². The second kappa shape index (κ2) is 5.65. The van der Waals surface area contributed by atoms with E-state index in [-0.39, 0.29) is 23.5 Å². The number of hydrogen-bond acceptors (Lipinski definition) is 3. The van der Waals surface area contributed by atoms with Crippen molar-refractivity contribution in [2.45, 2.75) is 45.6 Å². The van der Waals surface area contributed by atoms with Crippen molar-refractivity contribution in [3.63, 3.8) is 0 Å². The quantitative estimate of drug-likeness (QED) is 0.715. The number of nitrogens with two attached hydrogens (primary N) is 2. The van der Waals surface area contributed by atoms with E-state index in [0.717, 1.165) is 12.8 Å². The molecule has 0 aromatic rings. The van der Waals surface area contributed by atoms with E-state index in [1.807, 2.05) is 13.8 Å². The van der Waals surface area contributed by atoms with Crippen LogP contribution in [0.2, 0.25) is 0 Å². The summed E-state index contributed by atoms with van der Waals surface area (Å²) in [5.41, 5.74) is 10.2. The van der Waals surface area contributed by atoms with Crippen molar-refractivity contribution in [1.82, 2.24) is 4.90 Å². The van der Waals surface area contributed by atoms with Crippen LogP contribution in [-0.2, 0) is 9.59 Å². The zero-order valence-corrected chi connectivity index (χ0v) is 11.8. The Labute approximate surface area is 113 Å². The molecule has 0 spiro atoms. The highest BCUT2D eigenvalue weighted by Crippen LogP contribution is 2.40. The SMILES string of the molecule is CC(C)N(CC(N)=O)C(=O)C1(C(N)=S)CCCC1. The second-order valence-corrected chi connectivity index (χ2v) is 5.59. The monoisotopic (exact) mass is 271 g/mol. The summed E-state index contributed by atoms with van der Waals surface area (Å²) < 4.78 is 0. The predicted molar refractivity (Wildman–Crippen MR) is 73.7 cm³/mol. The first-order valence-electron chi connectivity index (χ1n) is 6.20. The summed E-state index contributed by atoms with van der Waals surface area (Å²) in [7, 11) is 0. The first-order chi connectivity index (χ1) is 8.31. The molecule has 18 heavy (non-hydrogen) atoms. The molecule has 0 radical (unpaired) electrons. The zero-order valence-electron chi connectivity index (χ0n) is 10.9. The van der Waals surface area contributed by atoms with Crippen LogP contribution < -0.4 is 11.5 Å². The third-order valence-electron chi connectivity index (χ3n) is 3.55. The van der Waals surface area contributed by atoms with E-state index in [1.54, 1.807) is 0 Å². The van der Waals surface area contributed by atoms with Gasteiger partial charge in [0.1, 0.15) is 0 Å². The van der Waals surface area contributed by atoms with Crippen molar-refractivity contribution < 1.29 is 9.59 Å². The Bertz CT molecular complexity index is 362. The highest BCUT2D eigenvalue weighted by molar-refractivity contribution is 7.80. The first-order valence-corrected chi connectivity index (χ1v) is 6.61. The van der Waals surface area contributed by atoms with Crippen molar-refractivity contribution in [2.75, 3.05) is 6.54 Å². The van der Waals surface area contributed by atoms with Gasteiger partial charge in [0.2, 0.25) is 11.8 Å². The fourth-order valence-electron chi connectivity index (χ4n) is 2.48. The highest BCUT2D eigenvalue weighted by atomic mass is 32.1. The van der Waals surface area contributed by atoms with Crippen molar-refractivity contribution in [1.29, 1.82) is 0 Å². The normalized spacial score (nSPS) is 17.7. The average Bonchev–Trinajstić information content (AvgIpc) is 2.74. The number of carbonyl (C=O) groups excluding carboxylic acids is 2. The van der Waals surface area contributed by atoms with Crippen LogP contribution in [0.25, 0.3) is 0 Å². The molecule has 2 amide bonds. The van der Waals surface area contributed by atoms with Gasteiger partial charge in [-0.05, 0) is 26.7 Å². The molecule has 102 valence electrons. The van der Waals surface area contributed by atoms with Crippen LogP contribution in [0.5, 0.6) is 0 Å². The number of carbonyl (C=O) groups is 2.